The molecule has 0 aliphatic rings. The van der Waals surface area contributed by atoms with Gasteiger partial charge in [0.15, 0.2) is 5.78 Å². The van der Waals surface area contributed by atoms with E-state index < -0.39 is 0 Å². The molecule has 5 heteroatoms. The highest BCUT2D eigenvalue weighted by atomic mass is 35.5. The molecular formula is C14H14Cl2N2O. The zero-order valence-corrected chi connectivity index (χ0v) is 12.3. The maximum atomic E-state index is 12.3. The molecule has 0 saturated carbocycles. The van der Waals surface area contributed by atoms with Crippen molar-refractivity contribution in [2.45, 2.75) is 19.8 Å². The number of hydrogen-bond acceptors (Lipinski definition) is 2. The molecule has 0 aliphatic carbocycles. The van der Waals surface area contributed by atoms with Crippen LogP contribution in [-0.2, 0) is 19.9 Å². The fraction of sp³-hybridized carbons (Fsp3) is 0.286. The normalized spacial score (nSPS) is 10.7. The molecule has 3 nitrogen and oxygen atoms in total. The lowest BCUT2D eigenvalue weighted by Gasteiger charge is -2.04. The number of hydrogen-bond donors (Lipinski definition) is 0. The molecule has 0 radical (unpaired) electrons. The summed E-state index contributed by atoms with van der Waals surface area (Å²) in [7, 11) is 1.83. The fourth-order valence-electron chi connectivity index (χ4n) is 1.88. The van der Waals surface area contributed by atoms with Crippen molar-refractivity contribution in [3.8, 4) is 0 Å². The van der Waals surface area contributed by atoms with Gasteiger partial charge >= 0.3 is 0 Å². The molecule has 100 valence electrons. The van der Waals surface area contributed by atoms with Crippen molar-refractivity contribution < 1.29 is 4.79 Å². The van der Waals surface area contributed by atoms with Crippen LogP contribution < -0.4 is 0 Å². The van der Waals surface area contributed by atoms with Crippen molar-refractivity contribution in [2.75, 3.05) is 0 Å². The van der Waals surface area contributed by atoms with E-state index in [-0.39, 0.29) is 12.2 Å². The molecule has 0 unspecified atom stereocenters. The fourth-order valence-corrected chi connectivity index (χ4v) is 2.28. The third kappa shape index (κ3) is 3.17. The molecule has 2 aromatic rings. The van der Waals surface area contributed by atoms with Gasteiger partial charge < -0.3 is 0 Å². The first-order valence-corrected chi connectivity index (χ1v) is 6.77. The van der Waals surface area contributed by atoms with Crippen LogP contribution in [0.2, 0.25) is 10.0 Å². The van der Waals surface area contributed by atoms with Crippen molar-refractivity contribution >= 4 is 29.0 Å². The second-order valence-electron chi connectivity index (χ2n) is 4.33. The highest BCUT2D eigenvalue weighted by Gasteiger charge is 2.14. The molecule has 0 saturated heterocycles. The molecular weight excluding hydrogens is 283 g/mol. The smallest absolute Gasteiger partial charge is 0.170 e. The second kappa shape index (κ2) is 5.76. The van der Waals surface area contributed by atoms with Crippen molar-refractivity contribution in [2.24, 2.45) is 7.05 Å². The predicted octanol–water partition coefficient (Wildman–Crippen LogP) is 3.71. The number of carbonyl (C=O) groups is 1. The zero-order valence-electron chi connectivity index (χ0n) is 10.8. The summed E-state index contributed by atoms with van der Waals surface area (Å²) in [5.41, 5.74) is 2.30. The average molecular weight is 297 g/mol. The Morgan fingerprint density at radius 2 is 2.05 bits per heavy atom. The molecule has 0 amide bonds. The van der Waals surface area contributed by atoms with Crippen LogP contribution in [0.4, 0.5) is 0 Å². The number of ketones is 1. The number of aryl methyl sites for hydroxylation is 2. The van der Waals surface area contributed by atoms with Crippen LogP contribution in [0.15, 0.2) is 24.3 Å². The summed E-state index contributed by atoms with van der Waals surface area (Å²) in [5, 5.41) is 5.25. The topological polar surface area (TPSA) is 34.9 Å². The third-order valence-electron chi connectivity index (χ3n) is 2.96. The Morgan fingerprint density at radius 1 is 1.32 bits per heavy atom. The first-order chi connectivity index (χ1) is 9.01. The van der Waals surface area contributed by atoms with E-state index in [9.17, 15) is 4.79 Å². The maximum absolute atomic E-state index is 12.3. The molecule has 0 N–H and O–H groups in total. The minimum absolute atomic E-state index is 0.0573. The standard InChI is InChI=1S/C14H14Cl2N2O/c1-3-10-7-11(18(2)17-10)8-14(19)12-6-9(15)4-5-13(12)16/h4-7H,3,8H2,1-2H3. The molecule has 1 heterocycles. The van der Waals surface area contributed by atoms with E-state index in [0.717, 1.165) is 17.8 Å². The van der Waals surface area contributed by atoms with Gasteiger partial charge in [0.1, 0.15) is 0 Å². The lowest BCUT2D eigenvalue weighted by molar-refractivity contribution is 0.0991. The van der Waals surface area contributed by atoms with Crippen molar-refractivity contribution in [1.82, 2.24) is 9.78 Å². The second-order valence-corrected chi connectivity index (χ2v) is 5.17. The summed E-state index contributed by atoms with van der Waals surface area (Å²) in [6.45, 7) is 2.03. The summed E-state index contributed by atoms with van der Waals surface area (Å²) < 4.78 is 1.73. The number of aromatic nitrogens is 2. The predicted molar refractivity (Wildman–Crippen MR) is 77.1 cm³/mol. The minimum atomic E-state index is -0.0573. The van der Waals surface area contributed by atoms with Crippen LogP contribution in [0.5, 0.6) is 0 Å². The summed E-state index contributed by atoms with van der Waals surface area (Å²) in [4.78, 5) is 12.3. The lowest BCUT2D eigenvalue weighted by atomic mass is 10.1. The zero-order chi connectivity index (χ0) is 14.0. The number of nitrogens with zero attached hydrogens (tertiary/aromatic N) is 2. The Kier molecular flexibility index (Phi) is 4.27. The Morgan fingerprint density at radius 3 is 2.68 bits per heavy atom. The van der Waals surface area contributed by atoms with Crippen molar-refractivity contribution in [1.29, 1.82) is 0 Å². The molecule has 0 atom stereocenters. The summed E-state index contributed by atoms with van der Waals surface area (Å²) in [6, 6.07) is 6.84. The summed E-state index contributed by atoms with van der Waals surface area (Å²) >= 11 is 11.9. The number of rotatable bonds is 4. The molecule has 0 fully saturated rings. The van der Waals surface area contributed by atoms with Gasteiger partial charge in [0, 0.05) is 23.3 Å². The van der Waals surface area contributed by atoms with Crippen molar-refractivity contribution in [3.63, 3.8) is 0 Å². The van der Waals surface area contributed by atoms with E-state index in [0.29, 0.717) is 15.6 Å². The van der Waals surface area contributed by atoms with Gasteiger partial charge in [-0.3, -0.25) is 9.48 Å². The van der Waals surface area contributed by atoms with E-state index in [4.69, 9.17) is 23.2 Å². The van der Waals surface area contributed by atoms with Crippen LogP contribution in [0.3, 0.4) is 0 Å². The van der Waals surface area contributed by atoms with Gasteiger partial charge in [-0.25, -0.2) is 0 Å². The average Bonchev–Trinajstić information content (AvgIpc) is 2.73. The number of Topliss-reactive ketones (excluding diaryl/α,β-unsaturated/α-hetero) is 1. The van der Waals surface area contributed by atoms with Gasteiger partial charge in [-0.1, -0.05) is 30.1 Å². The number of carbonyl (C=O) groups excluding carboxylic acids is 1. The van der Waals surface area contributed by atoms with Gasteiger partial charge in [-0.05, 0) is 30.7 Å². The monoisotopic (exact) mass is 296 g/mol. The van der Waals surface area contributed by atoms with Crippen LogP contribution in [0.1, 0.15) is 28.7 Å². The van der Waals surface area contributed by atoms with Crippen molar-refractivity contribution in [3.05, 3.63) is 51.3 Å². The first kappa shape index (κ1) is 14.1. The van der Waals surface area contributed by atoms with Gasteiger partial charge in [-0.15, -0.1) is 0 Å². The third-order valence-corrected chi connectivity index (χ3v) is 3.52. The quantitative estimate of drug-likeness (QED) is 0.806. The molecule has 19 heavy (non-hydrogen) atoms. The van der Waals surface area contributed by atoms with E-state index in [1.165, 1.54) is 0 Å². The van der Waals surface area contributed by atoms with Gasteiger partial charge in [-0.2, -0.15) is 5.10 Å². The molecule has 2 rings (SSSR count). The van der Waals surface area contributed by atoms with Gasteiger partial charge in [0.2, 0.25) is 0 Å². The molecule has 1 aromatic carbocycles. The maximum Gasteiger partial charge on any atom is 0.170 e. The Labute approximate surface area is 122 Å². The Bertz CT molecular complexity index is 620. The SMILES string of the molecule is CCc1cc(CC(=O)c2cc(Cl)ccc2Cl)n(C)n1. The summed E-state index contributed by atoms with van der Waals surface area (Å²) in [5.74, 6) is -0.0573. The minimum Gasteiger partial charge on any atom is -0.294 e. The van der Waals surface area contributed by atoms with E-state index in [1.807, 2.05) is 20.0 Å². The Balaban J connectivity index is 2.25. The highest BCUT2D eigenvalue weighted by Crippen LogP contribution is 2.22. The van der Waals surface area contributed by atoms with Gasteiger partial charge in [0.25, 0.3) is 0 Å². The lowest BCUT2D eigenvalue weighted by Crippen LogP contribution is -2.08. The van der Waals surface area contributed by atoms with E-state index in [2.05, 4.69) is 5.10 Å². The first-order valence-electron chi connectivity index (χ1n) is 6.01. The van der Waals surface area contributed by atoms with Crippen LogP contribution in [0.25, 0.3) is 0 Å². The number of halogens is 2. The largest absolute Gasteiger partial charge is 0.294 e. The number of benzene rings is 1. The van der Waals surface area contributed by atoms with Gasteiger partial charge in [0.05, 0.1) is 17.1 Å². The summed E-state index contributed by atoms with van der Waals surface area (Å²) in [6.07, 6.45) is 1.11. The van der Waals surface area contributed by atoms with E-state index in [1.54, 1.807) is 22.9 Å². The van der Waals surface area contributed by atoms with Crippen LogP contribution in [-0.4, -0.2) is 15.6 Å². The molecule has 0 aliphatic heterocycles. The molecule has 0 bridgehead atoms. The van der Waals surface area contributed by atoms with Crippen LogP contribution in [0, 0.1) is 0 Å². The highest BCUT2D eigenvalue weighted by molar-refractivity contribution is 6.35. The molecule has 1 aromatic heterocycles. The van der Waals surface area contributed by atoms with Crippen LogP contribution >= 0.6 is 23.2 Å². The molecule has 0 spiro atoms. The Hall–Kier alpha value is -1.32. The van der Waals surface area contributed by atoms with E-state index >= 15 is 0 Å².